The molecular formula is C24H33FN2O5. The summed E-state index contributed by atoms with van der Waals surface area (Å²) in [7, 11) is 0. The van der Waals surface area contributed by atoms with Crippen LogP contribution in [0.15, 0.2) is 18.2 Å². The molecule has 1 saturated heterocycles. The van der Waals surface area contributed by atoms with E-state index >= 15 is 0 Å². The Labute approximate surface area is 189 Å². The Kier molecular flexibility index (Phi) is 8.51. The monoisotopic (exact) mass is 448 g/mol. The second-order valence-corrected chi connectivity index (χ2v) is 9.26. The number of ether oxygens (including phenoxy) is 1. The summed E-state index contributed by atoms with van der Waals surface area (Å²) in [6.07, 6.45) is -0.183. The first-order valence-corrected chi connectivity index (χ1v) is 10.8. The van der Waals surface area contributed by atoms with E-state index in [9.17, 15) is 19.1 Å². The second-order valence-electron chi connectivity index (χ2n) is 9.26. The molecule has 1 aromatic rings. The number of halogens is 1. The van der Waals surface area contributed by atoms with Crippen LogP contribution in [0.3, 0.4) is 0 Å². The number of hydrogen-bond acceptors (Lipinski definition) is 4. The number of benzene rings is 1. The Morgan fingerprint density at radius 3 is 2.41 bits per heavy atom. The average Bonchev–Trinajstić information content (AvgIpc) is 2.70. The zero-order valence-electron chi connectivity index (χ0n) is 19.4. The van der Waals surface area contributed by atoms with E-state index in [4.69, 9.17) is 9.84 Å². The molecule has 8 heteroatoms. The van der Waals surface area contributed by atoms with Gasteiger partial charge in [-0.05, 0) is 44.9 Å². The maximum Gasteiger partial charge on any atom is 0.408 e. The molecule has 32 heavy (non-hydrogen) atoms. The molecule has 0 spiro atoms. The van der Waals surface area contributed by atoms with Gasteiger partial charge in [-0.2, -0.15) is 0 Å². The second kappa shape index (κ2) is 10.7. The summed E-state index contributed by atoms with van der Waals surface area (Å²) in [6.45, 7) is 9.58. The fourth-order valence-electron chi connectivity index (χ4n) is 3.91. The molecule has 0 bridgehead atoms. The van der Waals surface area contributed by atoms with E-state index in [1.807, 2.05) is 13.8 Å². The van der Waals surface area contributed by atoms with Crippen LogP contribution < -0.4 is 4.74 Å². The van der Waals surface area contributed by atoms with Crippen LogP contribution in [-0.4, -0.2) is 69.4 Å². The minimum Gasteiger partial charge on any atom is -0.489 e. The number of carbonyl (C=O) groups excluding carboxylic acids is 1. The van der Waals surface area contributed by atoms with Crippen LogP contribution in [0.25, 0.3) is 0 Å². The Morgan fingerprint density at radius 2 is 1.91 bits per heavy atom. The van der Waals surface area contributed by atoms with E-state index in [1.54, 1.807) is 25.7 Å². The lowest BCUT2D eigenvalue weighted by Crippen LogP contribution is -2.60. The number of piperidine rings is 1. The third kappa shape index (κ3) is 6.36. The molecular weight excluding hydrogens is 415 g/mol. The molecule has 1 atom stereocenters. The van der Waals surface area contributed by atoms with Gasteiger partial charge in [-0.25, -0.2) is 9.18 Å². The smallest absolute Gasteiger partial charge is 0.408 e. The summed E-state index contributed by atoms with van der Waals surface area (Å²) in [5.41, 5.74) is -0.355. The minimum absolute atomic E-state index is 0.182. The highest BCUT2D eigenvalue weighted by Gasteiger charge is 2.41. The number of amides is 2. The average molecular weight is 449 g/mol. The number of likely N-dealkylation sites (tertiary alicyclic amines) is 1. The van der Waals surface area contributed by atoms with Gasteiger partial charge in [-0.1, -0.05) is 25.7 Å². The molecule has 0 aromatic heterocycles. The molecule has 2 N–H and O–H groups in total. The van der Waals surface area contributed by atoms with Gasteiger partial charge >= 0.3 is 6.09 Å². The van der Waals surface area contributed by atoms with E-state index in [2.05, 4.69) is 11.8 Å². The number of nitrogens with zero attached hydrogens (tertiary/aromatic N) is 2. The van der Waals surface area contributed by atoms with Crippen LogP contribution in [0.5, 0.6) is 5.75 Å². The lowest BCUT2D eigenvalue weighted by Gasteiger charge is -2.43. The molecule has 0 aliphatic carbocycles. The molecule has 1 aliphatic heterocycles. The number of rotatable bonds is 5. The summed E-state index contributed by atoms with van der Waals surface area (Å²) in [6, 6.07) is 3.29. The maximum absolute atomic E-state index is 13.6. The number of carboxylic acid groups (broad SMARTS) is 1. The van der Waals surface area contributed by atoms with Crippen LogP contribution in [0, 0.1) is 23.6 Å². The normalized spacial score (nSPS) is 15.7. The van der Waals surface area contributed by atoms with Gasteiger partial charge in [-0.15, -0.1) is 0 Å². The first-order chi connectivity index (χ1) is 15.0. The molecule has 0 radical (unpaired) electrons. The fourth-order valence-corrected chi connectivity index (χ4v) is 3.91. The lowest BCUT2D eigenvalue weighted by molar-refractivity contribution is -0.141. The highest BCUT2D eigenvalue weighted by atomic mass is 19.1. The summed E-state index contributed by atoms with van der Waals surface area (Å²) < 4.78 is 19.6. The van der Waals surface area contributed by atoms with Gasteiger partial charge in [0.25, 0.3) is 0 Å². The maximum atomic E-state index is 13.6. The first kappa shape index (κ1) is 25.5. The Morgan fingerprint density at radius 1 is 1.28 bits per heavy atom. The van der Waals surface area contributed by atoms with Crippen molar-refractivity contribution in [1.29, 1.82) is 0 Å². The highest BCUT2D eigenvalue weighted by Crippen LogP contribution is 2.27. The number of carbonyl (C=O) groups is 2. The first-order valence-electron chi connectivity index (χ1n) is 10.8. The molecule has 7 nitrogen and oxygen atoms in total. The number of aliphatic hydroxyl groups is 1. The van der Waals surface area contributed by atoms with E-state index in [-0.39, 0.29) is 24.5 Å². The van der Waals surface area contributed by atoms with Crippen molar-refractivity contribution in [3.05, 3.63) is 29.6 Å². The standard InChI is InChI=1S/C24H33FN2O5/c1-16(2)21(27(23(30)31)24(3,4)5)22(29)26-12-10-19(11-13-26)32-20-9-8-18(25)15-17(20)7-6-14-28/h8-9,15-16,19,21,28H,10-14H2,1-5H3,(H,30,31)/t21-/m0/s1. The Bertz CT molecular complexity index is 877. The predicted molar refractivity (Wildman–Crippen MR) is 119 cm³/mol. The van der Waals surface area contributed by atoms with Crippen molar-refractivity contribution >= 4 is 12.0 Å². The fraction of sp³-hybridized carbons (Fsp3) is 0.583. The van der Waals surface area contributed by atoms with Gasteiger partial charge in [0.1, 0.15) is 30.3 Å². The lowest BCUT2D eigenvalue weighted by atomic mass is 9.94. The van der Waals surface area contributed by atoms with Gasteiger partial charge < -0.3 is 19.8 Å². The minimum atomic E-state index is -1.12. The van der Waals surface area contributed by atoms with Gasteiger partial charge in [-0.3, -0.25) is 9.69 Å². The van der Waals surface area contributed by atoms with Crippen LogP contribution in [0.4, 0.5) is 9.18 Å². The molecule has 176 valence electrons. The number of hydrogen-bond donors (Lipinski definition) is 2. The van der Waals surface area contributed by atoms with Gasteiger partial charge in [0, 0.05) is 31.5 Å². The number of aliphatic hydroxyl groups excluding tert-OH is 1. The van der Waals surface area contributed by atoms with Crippen LogP contribution in [0.1, 0.15) is 53.0 Å². The van der Waals surface area contributed by atoms with Crippen molar-refractivity contribution in [2.24, 2.45) is 5.92 Å². The third-order valence-corrected chi connectivity index (χ3v) is 5.38. The predicted octanol–water partition coefficient (Wildman–Crippen LogP) is 3.34. The molecule has 0 saturated carbocycles. The Hall–Kier alpha value is -2.79. The van der Waals surface area contributed by atoms with Crippen LogP contribution >= 0.6 is 0 Å². The van der Waals surface area contributed by atoms with Crippen molar-refractivity contribution in [2.45, 2.75) is 65.1 Å². The molecule has 1 aromatic carbocycles. The quantitative estimate of drug-likeness (QED) is 0.675. The van der Waals surface area contributed by atoms with E-state index in [0.717, 1.165) is 0 Å². The summed E-state index contributed by atoms with van der Waals surface area (Å²) in [4.78, 5) is 28.2. The van der Waals surface area contributed by atoms with Crippen molar-refractivity contribution in [2.75, 3.05) is 19.7 Å². The molecule has 1 aliphatic rings. The largest absolute Gasteiger partial charge is 0.489 e. The Balaban J connectivity index is 2.10. The highest BCUT2D eigenvalue weighted by molar-refractivity contribution is 5.86. The summed E-state index contributed by atoms with van der Waals surface area (Å²) in [5.74, 6) is 4.80. The molecule has 0 unspecified atom stereocenters. The van der Waals surface area contributed by atoms with E-state index < -0.39 is 23.5 Å². The summed E-state index contributed by atoms with van der Waals surface area (Å²) >= 11 is 0. The van der Waals surface area contributed by atoms with Crippen LogP contribution in [0.2, 0.25) is 0 Å². The topological polar surface area (TPSA) is 90.3 Å². The van der Waals surface area contributed by atoms with Crippen molar-refractivity contribution < 1.29 is 28.9 Å². The van der Waals surface area contributed by atoms with Crippen LogP contribution in [-0.2, 0) is 4.79 Å². The SMILES string of the molecule is CC(C)[C@@H](C(=O)N1CCC(Oc2ccc(F)cc2C#CCO)CC1)N(C(=O)O)C(C)(C)C. The molecule has 2 rings (SSSR count). The zero-order chi connectivity index (χ0) is 24.1. The van der Waals surface area contributed by atoms with Gasteiger partial charge in [0.2, 0.25) is 5.91 Å². The van der Waals surface area contributed by atoms with E-state index in [1.165, 1.54) is 23.1 Å². The third-order valence-electron chi connectivity index (χ3n) is 5.38. The van der Waals surface area contributed by atoms with Gasteiger partial charge in [0.15, 0.2) is 0 Å². The molecule has 1 fully saturated rings. The summed E-state index contributed by atoms with van der Waals surface area (Å²) in [5, 5.41) is 18.7. The van der Waals surface area contributed by atoms with Crippen molar-refractivity contribution in [3.63, 3.8) is 0 Å². The van der Waals surface area contributed by atoms with Crippen molar-refractivity contribution in [3.8, 4) is 17.6 Å². The zero-order valence-corrected chi connectivity index (χ0v) is 19.4. The van der Waals surface area contributed by atoms with Gasteiger partial charge in [0.05, 0.1) is 5.56 Å². The van der Waals surface area contributed by atoms with E-state index in [0.29, 0.717) is 37.2 Å². The van der Waals surface area contributed by atoms with Crippen molar-refractivity contribution in [1.82, 2.24) is 9.80 Å². The molecule has 1 heterocycles. The molecule has 2 amide bonds.